The molecule has 3 heterocycles. The summed E-state index contributed by atoms with van der Waals surface area (Å²) >= 11 is 6.61. The number of para-hydroxylation sites is 1. The summed E-state index contributed by atoms with van der Waals surface area (Å²) < 4.78 is 2.32. The third kappa shape index (κ3) is 4.54. The normalized spacial score (nSPS) is 13.0. The summed E-state index contributed by atoms with van der Waals surface area (Å²) in [5, 5.41) is 5.08. The lowest BCUT2D eigenvalue weighted by atomic mass is 10.0. The Morgan fingerprint density at radius 1 is 1.17 bits per heavy atom. The largest absolute Gasteiger partial charge is 0.397 e. The van der Waals surface area contributed by atoms with Crippen molar-refractivity contribution in [3.63, 3.8) is 0 Å². The van der Waals surface area contributed by atoms with Crippen molar-refractivity contribution in [2.24, 2.45) is 0 Å². The second-order valence-corrected chi connectivity index (χ2v) is 10.0. The first-order chi connectivity index (χ1) is 16.8. The van der Waals surface area contributed by atoms with Crippen molar-refractivity contribution in [2.75, 3.05) is 50.2 Å². The molecule has 0 spiro atoms. The fraction of sp³-hybridized carbons (Fsp3) is 0.333. The molecule has 4 aromatic rings. The van der Waals surface area contributed by atoms with Crippen LogP contribution < -0.4 is 16.0 Å². The average molecular weight is 490 g/mol. The van der Waals surface area contributed by atoms with Crippen LogP contribution in [-0.4, -0.2) is 53.7 Å². The predicted octanol–water partition coefficient (Wildman–Crippen LogP) is 5.33. The van der Waals surface area contributed by atoms with Crippen LogP contribution in [0, 0.1) is 6.92 Å². The number of nitrogens with two attached hydrogens (primary N) is 1. The zero-order valence-corrected chi connectivity index (χ0v) is 21.5. The van der Waals surface area contributed by atoms with Gasteiger partial charge >= 0.3 is 0 Å². The van der Waals surface area contributed by atoms with Gasteiger partial charge in [-0.3, -0.25) is 0 Å². The first-order valence-corrected chi connectivity index (χ1v) is 12.4. The Balaban J connectivity index is 1.46. The molecule has 182 valence electrons. The first kappa shape index (κ1) is 23.5. The highest BCUT2D eigenvalue weighted by Crippen LogP contribution is 2.38. The number of hydrogen-bond acceptors (Lipinski definition) is 6. The van der Waals surface area contributed by atoms with E-state index in [2.05, 4.69) is 83.2 Å². The van der Waals surface area contributed by atoms with Crippen LogP contribution in [-0.2, 0) is 13.0 Å². The highest BCUT2D eigenvalue weighted by Gasteiger charge is 2.20. The van der Waals surface area contributed by atoms with Crippen molar-refractivity contribution in [2.45, 2.75) is 26.3 Å². The Hall–Kier alpha value is -3.29. The highest BCUT2D eigenvalue weighted by molar-refractivity contribution is 6.33. The highest BCUT2D eigenvalue weighted by atomic mass is 35.5. The fourth-order valence-electron chi connectivity index (χ4n) is 4.83. The molecule has 35 heavy (non-hydrogen) atoms. The lowest BCUT2D eigenvalue weighted by Gasteiger charge is -2.24. The van der Waals surface area contributed by atoms with Gasteiger partial charge in [0.25, 0.3) is 0 Å². The van der Waals surface area contributed by atoms with Crippen LogP contribution in [0.25, 0.3) is 22.2 Å². The number of likely N-dealkylation sites (N-methyl/N-ethyl adjacent to an activating group) is 2. The molecule has 8 heteroatoms. The van der Waals surface area contributed by atoms with Crippen LogP contribution in [0.2, 0.25) is 5.02 Å². The molecule has 0 fully saturated rings. The van der Waals surface area contributed by atoms with Gasteiger partial charge in [0.05, 0.1) is 33.8 Å². The van der Waals surface area contributed by atoms with E-state index in [4.69, 9.17) is 22.3 Å². The molecule has 0 aliphatic carbocycles. The second-order valence-electron chi connectivity index (χ2n) is 9.62. The Bertz CT molecular complexity index is 1390. The smallest absolute Gasteiger partial charge is 0.227 e. The predicted molar refractivity (Wildman–Crippen MR) is 147 cm³/mol. The molecule has 0 atom stereocenters. The number of nitrogen functional groups attached to an aromatic ring is 1. The van der Waals surface area contributed by atoms with Crippen LogP contribution in [0.15, 0.2) is 42.7 Å². The first-order valence-electron chi connectivity index (χ1n) is 12.0. The Kier molecular flexibility index (Phi) is 6.30. The number of halogens is 1. The van der Waals surface area contributed by atoms with Gasteiger partial charge in [-0.25, -0.2) is 9.97 Å². The molecule has 2 aromatic heterocycles. The molecular weight excluding hydrogens is 458 g/mol. The third-order valence-corrected chi connectivity index (χ3v) is 7.02. The van der Waals surface area contributed by atoms with Gasteiger partial charge in [-0.15, -0.1) is 0 Å². The minimum atomic E-state index is 0.493. The SMILES string of the molecule is Cc1cc(N(C)CCN(C)C)c(N)cc1Nc1ncc(Cl)c(-c2cn3c4c(cccc24)CCC3)n1. The number of rotatable bonds is 7. The molecule has 5 rings (SSSR count). The molecule has 0 unspecified atom stereocenters. The number of hydrogen-bond donors (Lipinski definition) is 2. The molecule has 7 nitrogen and oxygen atoms in total. The second kappa shape index (κ2) is 9.40. The number of anilines is 4. The summed E-state index contributed by atoms with van der Waals surface area (Å²) in [4.78, 5) is 13.6. The van der Waals surface area contributed by atoms with E-state index in [9.17, 15) is 0 Å². The minimum absolute atomic E-state index is 0.493. The zero-order valence-electron chi connectivity index (χ0n) is 20.8. The van der Waals surface area contributed by atoms with E-state index in [1.54, 1.807) is 6.20 Å². The molecule has 3 N–H and O–H groups in total. The number of nitrogens with one attached hydrogen (secondary N) is 1. The summed E-state index contributed by atoms with van der Waals surface area (Å²) in [5.74, 6) is 0.493. The van der Waals surface area contributed by atoms with E-state index >= 15 is 0 Å². The summed E-state index contributed by atoms with van der Waals surface area (Å²) in [7, 11) is 6.20. The van der Waals surface area contributed by atoms with Gasteiger partial charge in [-0.2, -0.15) is 0 Å². The van der Waals surface area contributed by atoms with Crippen molar-refractivity contribution in [1.29, 1.82) is 0 Å². The van der Waals surface area contributed by atoms with Crippen LogP contribution in [0.3, 0.4) is 0 Å². The molecule has 1 aliphatic heterocycles. The molecule has 0 amide bonds. The van der Waals surface area contributed by atoms with Crippen molar-refractivity contribution in [1.82, 2.24) is 19.4 Å². The Labute approximate surface area is 211 Å². The van der Waals surface area contributed by atoms with E-state index in [0.717, 1.165) is 60.7 Å². The van der Waals surface area contributed by atoms with E-state index in [1.807, 2.05) is 6.07 Å². The molecular formula is C27H32ClN7. The summed E-state index contributed by atoms with van der Waals surface area (Å²) in [6, 6.07) is 10.5. The Morgan fingerprint density at radius 3 is 2.80 bits per heavy atom. The van der Waals surface area contributed by atoms with Crippen LogP contribution in [0.4, 0.5) is 23.0 Å². The summed E-state index contributed by atoms with van der Waals surface area (Å²) in [6.45, 7) is 4.92. The van der Waals surface area contributed by atoms with Gasteiger partial charge in [0.2, 0.25) is 5.95 Å². The molecule has 0 bridgehead atoms. The van der Waals surface area contributed by atoms with E-state index < -0.39 is 0 Å². The zero-order chi connectivity index (χ0) is 24.7. The van der Waals surface area contributed by atoms with Gasteiger partial charge in [0, 0.05) is 49.5 Å². The average Bonchev–Trinajstić information content (AvgIpc) is 3.21. The minimum Gasteiger partial charge on any atom is -0.397 e. The monoisotopic (exact) mass is 489 g/mol. The van der Waals surface area contributed by atoms with Crippen LogP contribution in [0.1, 0.15) is 17.5 Å². The van der Waals surface area contributed by atoms with Crippen molar-refractivity contribution in [3.8, 4) is 11.3 Å². The lowest BCUT2D eigenvalue weighted by Crippen LogP contribution is -2.29. The molecule has 0 saturated carbocycles. The van der Waals surface area contributed by atoms with E-state index in [-0.39, 0.29) is 0 Å². The van der Waals surface area contributed by atoms with Crippen molar-refractivity contribution < 1.29 is 0 Å². The fourth-order valence-corrected chi connectivity index (χ4v) is 5.02. The van der Waals surface area contributed by atoms with Gasteiger partial charge in [0.1, 0.15) is 0 Å². The lowest BCUT2D eigenvalue weighted by molar-refractivity contribution is 0.416. The van der Waals surface area contributed by atoms with Crippen LogP contribution in [0.5, 0.6) is 0 Å². The molecule has 1 aliphatic rings. The van der Waals surface area contributed by atoms with Crippen molar-refractivity contribution in [3.05, 3.63) is 58.9 Å². The maximum Gasteiger partial charge on any atom is 0.227 e. The number of aryl methyl sites for hydroxylation is 3. The topological polar surface area (TPSA) is 75.2 Å². The number of benzene rings is 2. The number of aromatic nitrogens is 3. The van der Waals surface area contributed by atoms with E-state index in [0.29, 0.717) is 16.7 Å². The van der Waals surface area contributed by atoms with E-state index in [1.165, 1.54) is 16.5 Å². The van der Waals surface area contributed by atoms with Gasteiger partial charge in [0.15, 0.2) is 0 Å². The molecule has 0 radical (unpaired) electrons. The maximum absolute atomic E-state index is 6.61. The van der Waals surface area contributed by atoms with Gasteiger partial charge < -0.3 is 25.4 Å². The van der Waals surface area contributed by atoms with Crippen LogP contribution >= 0.6 is 11.6 Å². The van der Waals surface area contributed by atoms with Gasteiger partial charge in [-0.1, -0.05) is 29.8 Å². The number of nitrogens with zero attached hydrogens (tertiary/aromatic N) is 5. The standard InChI is InChI=1S/C27H32ClN7/c1-17-13-24(34(4)12-11-33(2)3)22(29)14-23(17)31-27-30-15-21(28)25(32-27)20-16-35-10-6-8-18-7-5-9-19(20)26(18)35/h5,7,9,13-16H,6,8,10-12,29H2,1-4H3,(H,30,31,32). The summed E-state index contributed by atoms with van der Waals surface area (Å²) in [5.41, 5.74) is 14.5. The van der Waals surface area contributed by atoms with Gasteiger partial charge in [-0.05, 0) is 57.1 Å². The van der Waals surface area contributed by atoms with Crippen molar-refractivity contribution >= 4 is 45.5 Å². The summed E-state index contributed by atoms with van der Waals surface area (Å²) in [6.07, 6.45) is 6.09. The maximum atomic E-state index is 6.61. The quantitative estimate of drug-likeness (QED) is 0.342. The molecule has 2 aromatic carbocycles. The third-order valence-electron chi connectivity index (χ3n) is 6.74. The molecule has 0 saturated heterocycles. The Morgan fingerprint density at radius 2 is 2.00 bits per heavy atom.